The van der Waals surface area contributed by atoms with Gasteiger partial charge in [-0.15, -0.1) is 0 Å². The molecule has 0 fully saturated rings. The van der Waals surface area contributed by atoms with Crippen LogP contribution in [0.5, 0.6) is 0 Å². The van der Waals surface area contributed by atoms with E-state index in [4.69, 9.17) is 0 Å². The molecule has 1 aromatic heterocycles. The lowest BCUT2D eigenvalue weighted by Crippen LogP contribution is -1.75. The van der Waals surface area contributed by atoms with Crippen LogP contribution in [0.4, 0.5) is 8.78 Å². The van der Waals surface area contributed by atoms with Gasteiger partial charge in [-0.3, -0.25) is 0 Å². The van der Waals surface area contributed by atoms with Crippen LogP contribution in [-0.4, -0.2) is 5.16 Å². The standard InChI is InChI=1S/C4H2BrF2NO/c5-3-1-2(4(6)7)9-8-3/h1,4H. The molecule has 0 radical (unpaired) electrons. The van der Waals surface area contributed by atoms with Crippen LogP contribution in [0.3, 0.4) is 0 Å². The molecule has 1 aromatic rings. The van der Waals surface area contributed by atoms with Gasteiger partial charge in [0.15, 0.2) is 0 Å². The predicted octanol–water partition coefficient (Wildman–Crippen LogP) is 2.37. The van der Waals surface area contributed by atoms with Gasteiger partial charge < -0.3 is 4.52 Å². The van der Waals surface area contributed by atoms with Crippen LogP contribution < -0.4 is 0 Å². The zero-order chi connectivity index (χ0) is 6.85. The van der Waals surface area contributed by atoms with Crippen molar-refractivity contribution in [2.45, 2.75) is 6.43 Å². The van der Waals surface area contributed by atoms with Crippen molar-refractivity contribution < 1.29 is 13.3 Å². The molecule has 2 nitrogen and oxygen atoms in total. The topological polar surface area (TPSA) is 26.0 Å². The molecule has 50 valence electrons. The summed E-state index contributed by atoms with van der Waals surface area (Å²) in [6.45, 7) is 0. The molecule has 0 saturated heterocycles. The molecule has 0 bridgehead atoms. The number of hydrogen-bond donors (Lipinski definition) is 0. The molecule has 0 unspecified atom stereocenters. The van der Waals surface area contributed by atoms with E-state index in [1.165, 1.54) is 0 Å². The van der Waals surface area contributed by atoms with Crippen LogP contribution in [0.25, 0.3) is 0 Å². The maximum absolute atomic E-state index is 11.6. The van der Waals surface area contributed by atoms with E-state index in [2.05, 4.69) is 25.6 Å². The lowest BCUT2D eigenvalue weighted by atomic mass is 10.5. The Morgan fingerprint density at radius 2 is 2.33 bits per heavy atom. The molecule has 0 atom stereocenters. The third-order valence-corrected chi connectivity index (χ3v) is 1.09. The molecular formula is C4H2BrF2NO. The zero-order valence-corrected chi connectivity index (χ0v) is 5.73. The summed E-state index contributed by atoms with van der Waals surface area (Å²) in [5.74, 6) is -0.415. The fourth-order valence-corrected chi connectivity index (χ4v) is 0.667. The largest absolute Gasteiger partial charge is 0.354 e. The molecule has 1 heterocycles. The van der Waals surface area contributed by atoms with Crippen molar-refractivity contribution in [1.29, 1.82) is 0 Å². The minimum atomic E-state index is -2.58. The third kappa shape index (κ3) is 1.48. The van der Waals surface area contributed by atoms with Crippen molar-refractivity contribution in [3.05, 3.63) is 16.4 Å². The van der Waals surface area contributed by atoms with Crippen molar-refractivity contribution in [2.75, 3.05) is 0 Å². The summed E-state index contributed by atoms with van der Waals surface area (Å²) in [4.78, 5) is 0. The SMILES string of the molecule is FC(F)c1cc(Br)no1. The minimum absolute atomic E-state index is 0.290. The molecule has 5 heteroatoms. The normalized spacial score (nSPS) is 10.7. The molecule has 0 saturated carbocycles. The molecule has 0 aliphatic carbocycles. The highest BCUT2D eigenvalue weighted by Crippen LogP contribution is 2.20. The highest BCUT2D eigenvalue weighted by molar-refractivity contribution is 9.10. The summed E-state index contributed by atoms with van der Waals surface area (Å²) in [5.41, 5.74) is 0. The van der Waals surface area contributed by atoms with E-state index in [0.29, 0.717) is 0 Å². The minimum Gasteiger partial charge on any atom is -0.354 e. The maximum Gasteiger partial charge on any atom is 0.298 e. The van der Waals surface area contributed by atoms with Gasteiger partial charge in [0.05, 0.1) is 0 Å². The number of rotatable bonds is 1. The van der Waals surface area contributed by atoms with Gasteiger partial charge in [-0.05, 0) is 15.9 Å². The Morgan fingerprint density at radius 3 is 2.56 bits per heavy atom. The Kier molecular flexibility index (Phi) is 1.80. The summed E-state index contributed by atoms with van der Waals surface area (Å²) in [6, 6.07) is 1.13. The van der Waals surface area contributed by atoms with E-state index >= 15 is 0 Å². The fourth-order valence-electron chi connectivity index (χ4n) is 0.369. The Labute approximate surface area is 58.0 Å². The molecule has 0 aliphatic rings. The van der Waals surface area contributed by atoms with E-state index in [0.717, 1.165) is 6.07 Å². The lowest BCUT2D eigenvalue weighted by Gasteiger charge is -1.84. The fraction of sp³-hybridized carbons (Fsp3) is 0.250. The maximum atomic E-state index is 11.6. The summed E-state index contributed by atoms with van der Waals surface area (Å²) in [5, 5.41) is 3.20. The summed E-state index contributed by atoms with van der Waals surface area (Å²) < 4.78 is 27.7. The first-order valence-corrected chi connectivity index (χ1v) is 2.89. The number of alkyl halides is 2. The molecular weight excluding hydrogens is 196 g/mol. The summed E-state index contributed by atoms with van der Waals surface area (Å²) in [6.07, 6.45) is -2.58. The summed E-state index contributed by atoms with van der Waals surface area (Å²) in [7, 11) is 0. The molecule has 0 aromatic carbocycles. The molecule has 0 amide bonds. The average molecular weight is 198 g/mol. The third-order valence-electron chi connectivity index (χ3n) is 0.715. The van der Waals surface area contributed by atoms with E-state index in [1.54, 1.807) is 0 Å². The zero-order valence-electron chi connectivity index (χ0n) is 4.14. The van der Waals surface area contributed by atoms with Crippen molar-refractivity contribution in [3.63, 3.8) is 0 Å². The first-order valence-electron chi connectivity index (χ1n) is 2.10. The smallest absolute Gasteiger partial charge is 0.298 e. The van der Waals surface area contributed by atoms with Crippen LogP contribution >= 0.6 is 15.9 Å². The molecule has 0 aliphatic heterocycles. The second-order valence-electron chi connectivity index (χ2n) is 1.35. The number of aromatic nitrogens is 1. The second-order valence-corrected chi connectivity index (χ2v) is 2.17. The van der Waals surface area contributed by atoms with Crippen LogP contribution in [0.2, 0.25) is 0 Å². The Balaban J connectivity index is 2.85. The first kappa shape index (κ1) is 6.67. The van der Waals surface area contributed by atoms with Crippen LogP contribution in [0, 0.1) is 0 Å². The number of nitrogens with zero attached hydrogens (tertiary/aromatic N) is 1. The number of hydrogen-bond acceptors (Lipinski definition) is 2. The van der Waals surface area contributed by atoms with Crippen LogP contribution in [0.1, 0.15) is 12.2 Å². The highest BCUT2D eigenvalue weighted by atomic mass is 79.9. The highest BCUT2D eigenvalue weighted by Gasteiger charge is 2.12. The van der Waals surface area contributed by atoms with Gasteiger partial charge in [-0.2, -0.15) is 0 Å². The molecule has 9 heavy (non-hydrogen) atoms. The van der Waals surface area contributed by atoms with Crippen molar-refractivity contribution >= 4 is 15.9 Å². The van der Waals surface area contributed by atoms with Gasteiger partial charge in [0.1, 0.15) is 4.60 Å². The Hall–Kier alpha value is -0.450. The molecule has 1 rings (SSSR count). The second kappa shape index (κ2) is 2.43. The van der Waals surface area contributed by atoms with E-state index < -0.39 is 12.2 Å². The lowest BCUT2D eigenvalue weighted by molar-refractivity contribution is 0.112. The monoisotopic (exact) mass is 197 g/mol. The van der Waals surface area contributed by atoms with Gasteiger partial charge in [-0.25, -0.2) is 8.78 Å². The van der Waals surface area contributed by atoms with Gasteiger partial charge in [0.2, 0.25) is 5.76 Å². The average Bonchev–Trinajstić information content (AvgIpc) is 2.14. The van der Waals surface area contributed by atoms with Gasteiger partial charge in [-0.1, -0.05) is 5.16 Å². The predicted molar refractivity (Wildman–Crippen MR) is 29.2 cm³/mol. The Morgan fingerprint density at radius 1 is 1.67 bits per heavy atom. The van der Waals surface area contributed by atoms with Crippen LogP contribution in [-0.2, 0) is 0 Å². The van der Waals surface area contributed by atoms with Crippen molar-refractivity contribution in [3.8, 4) is 0 Å². The number of halogens is 3. The van der Waals surface area contributed by atoms with Crippen molar-refractivity contribution in [2.24, 2.45) is 0 Å². The quantitative estimate of drug-likeness (QED) is 0.692. The van der Waals surface area contributed by atoms with E-state index in [9.17, 15) is 8.78 Å². The summed E-state index contributed by atoms with van der Waals surface area (Å²) >= 11 is 2.86. The van der Waals surface area contributed by atoms with E-state index in [-0.39, 0.29) is 4.60 Å². The van der Waals surface area contributed by atoms with Gasteiger partial charge in [0, 0.05) is 6.07 Å². The van der Waals surface area contributed by atoms with E-state index in [1.807, 2.05) is 0 Å². The first-order chi connectivity index (χ1) is 4.20. The molecule has 0 N–H and O–H groups in total. The molecule has 0 spiro atoms. The Bertz CT molecular complexity index is 200. The van der Waals surface area contributed by atoms with Crippen LogP contribution in [0.15, 0.2) is 15.2 Å². The van der Waals surface area contributed by atoms with Gasteiger partial charge >= 0.3 is 0 Å². The van der Waals surface area contributed by atoms with Crippen molar-refractivity contribution in [1.82, 2.24) is 5.16 Å². The van der Waals surface area contributed by atoms with Gasteiger partial charge in [0.25, 0.3) is 6.43 Å².